The first kappa shape index (κ1) is 8.80. The molecule has 2 heterocycles. The molecule has 5 nitrogen and oxygen atoms in total. The first-order valence-corrected chi connectivity index (χ1v) is 4.38. The van der Waals surface area contributed by atoms with Crippen LogP contribution in [0.3, 0.4) is 0 Å². The fourth-order valence-corrected chi connectivity index (χ4v) is 1.20. The van der Waals surface area contributed by atoms with Crippen molar-refractivity contribution in [3.05, 3.63) is 23.8 Å². The van der Waals surface area contributed by atoms with Crippen LogP contribution in [-0.4, -0.2) is 25.9 Å². The molecule has 0 aliphatic heterocycles. The molecule has 0 saturated heterocycles. The Morgan fingerprint density at radius 2 is 2.21 bits per heavy atom. The maximum Gasteiger partial charge on any atom is 0.255 e. The van der Waals surface area contributed by atoms with Crippen LogP contribution >= 0.6 is 0 Å². The second kappa shape index (κ2) is 3.17. The summed E-state index contributed by atoms with van der Waals surface area (Å²) in [6.45, 7) is 4.13. The van der Waals surface area contributed by atoms with Crippen LogP contribution in [0.5, 0.6) is 0 Å². The lowest BCUT2D eigenvalue weighted by Gasteiger charge is -2.03. The third-order valence-electron chi connectivity index (χ3n) is 2.08. The molecule has 0 aliphatic carbocycles. The minimum atomic E-state index is 0.287. The first-order chi connectivity index (χ1) is 6.72. The molecule has 0 atom stereocenters. The molecule has 0 spiro atoms. The van der Waals surface area contributed by atoms with Gasteiger partial charge in [-0.15, -0.1) is 10.2 Å². The van der Waals surface area contributed by atoms with Gasteiger partial charge in [0.2, 0.25) is 5.82 Å². The van der Waals surface area contributed by atoms with Gasteiger partial charge in [-0.2, -0.15) is 0 Å². The van der Waals surface area contributed by atoms with E-state index in [2.05, 4.69) is 29.0 Å². The molecule has 0 N–H and O–H groups in total. The average molecular weight is 190 g/mol. The van der Waals surface area contributed by atoms with Gasteiger partial charge >= 0.3 is 0 Å². The van der Waals surface area contributed by atoms with Crippen LogP contribution in [0.4, 0.5) is 0 Å². The number of carbonyl (C=O) groups excluding carboxylic acids is 1. The van der Waals surface area contributed by atoms with Crippen LogP contribution in [0, 0.1) is 0 Å². The van der Waals surface area contributed by atoms with E-state index in [0.717, 1.165) is 5.56 Å². The molecule has 5 heteroatoms. The van der Waals surface area contributed by atoms with Gasteiger partial charge < -0.3 is 0 Å². The SMILES string of the molecule is CC(C)c1cnc2nnc(C=O)n2c1. The average Bonchev–Trinajstić information content (AvgIpc) is 2.59. The third kappa shape index (κ3) is 1.26. The summed E-state index contributed by atoms with van der Waals surface area (Å²) in [4.78, 5) is 14.7. The van der Waals surface area contributed by atoms with Crippen molar-refractivity contribution >= 4 is 12.1 Å². The summed E-state index contributed by atoms with van der Waals surface area (Å²) in [7, 11) is 0. The van der Waals surface area contributed by atoms with Gasteiger partial charge in [0.25, 0.3) is 5.78 Å². The zero-order valence-corrected chi connectivity index (χ0v) is 8.01. The molecule has 2 rings (SSSR count). The molecule has 0 saturated carbocycles. The van der Waals surface area contributed by atoms with Crippen molar-refractivity contribution in [3.8, 4) is 0 Å². The quantitative estimate of drug-likeness (QED) is 0.664. The van der Waals surface area contributed by atoms with Crippen molar-refractivity contribution in [2.75, 3.05) is 0 Å². The maximum absolute atomic E-state index is 10.6. The van der Waals surface area contributed by atoms with Crippen molar-refractivity contribution in [3.63, 3.8) is 0 Å². The number of aromatic nitrogens is 4. The summed E-state index contributed by atoms with van der Waals surface area (Å²) in [5.74, 6) is 1.11. The van der Waals surface area contributed by atoms with Crippen LogP contribution in [0.25, 0.3) is 5.78 Å². The Labute approximate surface area is 80.8 Å². The Morgan fingerprint density at radius 1 is 1.43 bits per heavy atom. The Bertz CT molecular complexity index is 475. The predicted octanol–water partition coefficient (Wildman–Crippen LogP) is 1.06. The highest BCUT2D eigenvalue weighted by Crippen LogP contribution is 2.13. The Kier molecular flexibility index (Phi) is 1.99. The van der Waals surface area contributed by atoms with Crippen molar-refractivity contribution in [1.29, 1.82) is 0 Å². The standard InChI is InChI=1S/C9H10N4O/c1-6(2)7-3-10-9-12-11-8(5-14)13(9)4-7/h3-6H,1-2H3. The minimum Gasteiger partial charge on any atom is -0.294 e. The van der Waals surface area contributed by atoms with Gasteiger partial charge in [-0.05, 0) is 11.5 Å². The second-order valence-corrected chi connectivity index (χ2v) is 3.39. The van der Waals surface area contributed by atoms with E-state index >= 15 is 0 Å². The number of fused-ring (bicyclic) bond motifs is 1. The van der Waals surface area contributed by atoms with Crippen LogP contribution in [0.1, 0.15) is 35.9 Å². The van der Waals surface area contributed by atoms with Gasteiger partial charge in [-0.1, -0.05) is 13.8 Å². The van der Waals surface area contributed by atoms with Gasteiger partial charge in [0.1, 0.15) is 0 Å². The normalized spacial score (nSPS) is 11.1. The van der Waals surface area contributed by atoms with E-state index in [9.17, 15) is 4.79 Å². The lowest BCUT2D eigenvalue weighted by molar-refractivity contribution is 0.111. The minimum absolute atomic E-state index is 0.287. The van der Waals surface area contributed by atoms with Gasteiger partial charge in [0.05, 0.1) is 0 Å². The van der Waals surface area contributed by atoms with Crippen LogP contribution in [0.15, 0.2) is 12.4 Å². The summed E-state index contributed by atoms with van der Waals surface area (Å²) in [6.07, 6.45) is 4.27. The van der Waals surface area contributed by atoms with Crippen LogP contribution < -0.4 is 0 Å². The molecule has 0 amide bonds. The van der Waals surface area contributed by atoms with Crippen LogP contribution in [0.2, 0.25) is 0 Å². The number of nitrogens with zero attached hydrogens (tertiary/aromatic N) is 4. The predicted molar refractivity (Wildman–Crippen MR) is 50.3 cm³/mol. The van der Waals surface area contributed by atoms with Gasteiger partial charge in [0.15, 0.2) is 6.29 Å². The molecule has 0 aliphatic rings. The molecular weight excluding hydrogens is 180 g/mol. The van der Waals surface area contributed by atoms with E-state index in [1.54, 1.807) is 10.6 Å². The number of aldehydes is 1. The molecule has 14 heavy (non-hydrogen) atoms. The molecule has 2 aromatic rings. The first-order valence-electron chi connectivity index (χ1n) is 4.38. The lowest BCUT2D eigenvalue weighted by atomic mass is 10.1. The zero-order chi connectivity index (χ0) is 10.1. The third-order valence-corrected chi connectivity index (χ3v) is 2.08. The van der Waals surface area contributed by atoms with E-state index in [0.29, 0.717) is 18.0 Å². The molecule has 0 bridgehead atoms. The molecule has 0 aromatic carbocycles. The van der Waals surface area contributed by atoms with Gasteiger partial charge in [-0.3, -0.25) is 9.20 Å². The number of carbonyl (C=O) groups is 1. The van der Waals surface area contributed by atoms with Crippen molar-refractivity contribution in [2.24, 2.45) is 0 Å². The number of hydrogen-bond donors (Lipinski definition) is 0. The van der Waals surface area contributed by atoms with Gasteiger partial charge in [0, 0.05) is 12.4 Å². The van der Waals surface area contributed by atoms with E-state index in [4.69, 9.17) is 0 Å². The van der Waals surface area contributed by atoms with E-state index in [1.165, 1.54) is 0 Å². The van der Waals surface area contributed by atoms with E-state index in [1.807, 2.05) is 6.20 Å². The molecule has 0 radical (unpaired) electrons. The summed E-state index contributed by atoms with van der Waals surface area (Å²) in [6, 6.07) is 0. The summed E-state index contributed by atoms with van der Waals surface area (Å²) in [5.41, 5.74) is 1.06. The van der Waals surface area contributed by atoms with Gasteiger partial charge in [-0.25, -0.2) is 4.98 Å². The lowest BCUT2D eigenvalue weighted by Crippen LogP contribution is -1.98. The molecule has 72 valence electrons. The van der Waals surface area contributed by atoms with Crippen molar-refractivity contribution in [1.82, 2.24) is 19.6 Å². The maximum atomic E-state index is 10.6. The monoisotopic (exact) mass is 190 g/mol. The Hall–Kier alpha value is -1.78. The summed E-state index contributed by atoms with van der Waals surface area (Å²) < 4.78 is 1.60. The van der Waals surface area contributed by atoms with E-state index in [-0.39, 0.29) is 5.82 Å². The fourth-order valence-electron chi connectivity index (χ4n) is 1.20. The topological polar surface area (TPSA) is 60.2 Å². The Balaban J connectivity index is 2.67. The Morgan fingerprint density at radius 3 is 2.86 bits per heavy atom. The summed E-state index contributed by atoms with van der Waals surface area (Å²) >= 11 is 0. The highest BCUT2D eigenvalue weighted by molar-refractivity contribution is 5.70. The van der Waals surface area contributed by atoms with Crippen molar-refractivity contribution in [2.45, 2.75) is 19.8 Å². The molecule has 2 aromatic heterocycles. The number of rotatable bonds is 2. The van der Waals surface area contributed by atoms with Crippen LogP contribution in [-0.2, 0) is 0 Å². The largest absolute Gasteiger partial charge is 0.294 e. The zero-order valence-electron chi connectivity index (χ0n) is 8.01. The van der Waals surface area contributed by atoms with E-state index < -0.39 is 0 Å². The fraction of sp³-hybridized carbons (Fsp3) is 0.333. The highest BCUT2D eigenvalue weighted by Gasteiger charge is 2.07. The molecule has 0 fully saturated rings. The summed E-state index contributed by atoms with van der Waals surface area (Å²) in [5, 5.41) is 7.46. The smallest absolute Gasteiger partial charge is 0.255 e. The highest BCUT2D eigenvalue weighted by atomic mass is 16.1. The van der Waals surface area contributed by atoms with Crippen molar-refractivity contribution < 1.29 is 4.79 Å². The second-order valence-electron chi connectivity index (χ2n) is 3.39. The molecule has 0 unspecified atom stereocenters. The molecular formula is C9H10N4O. The number of hydrogen-bond acceptors (Lipinski definition) is 4.